The third-order valence-corrected chi connectivity index (χ3v) is 5.94. The maximum Gasteiger partial charge on any atom is 0.0715 e. The summed E-state index contributed by atoms with van der Waals surface area (Å²) in [6.07, 6.45) is 3.36. The molecule has 4 rings (SSSR count). The minimum Gasteiger partial charge on any atom is -0.545 e. The summed E-state index contributed by atoms with van der Waals surface area (Å²) in [5, 5.41) is 21.6. The molecule has 0 fully saturated rings. The summed E-state index contributed by atoms with van der Waals surface area (Å²) in [6.45, 7) is 0. The van der Waals surface area contributed by atoms with E-state index in [1.54, 1.807) is 48.5 Å². The fraction of sp³-hybridized carbons (Fsp3) is 0. The summed E-state index contributed by atoms with van der Waals surface area (Å²) >= 11 is 1.62. The number of aliphatic imine (C=N–C) groups is 2. The monoisotopic (exact) mass is 478 g/mol. The highest BCUT2D eigenvalue weighted by Gasteiger charge is 2.00. The number of carbonyl (C=O) groups is 2. The van der Waals surface area contributed by atoms with Gasteiger partial charge in [-0.15, -0.1) is 0 Å². The van der Waals surface area contributed by atoms with Crippen molar-refractivity contribution in [3.05, 3.63) is 119 Å². The number of carbonyl (C=O) groups excluding carboxylic acids is 2. The molecule has 172 valence electrons. The van der Waals surface area contributed by atoms with Crippen LogP contribution in [-0.4, -0.2) is 24.4 Å². The topological polar surface area (TPSA) is 105 Å². The molecule has 0 atom stereocenters. The number of nitrogens with zero attached hydrogens (tertiary/aromatic N) is 2. The maximum atomic E-state index is 10.8. The Morgan fingerprint density at radius 2 is 0.886 bits per heavy atom. The van der Waals surface area contributed by atoms with Crippen molar-refractivity contribution in [2.24, 2.45) is 9.98 Å². The van der Waals surface area contributed by atoms with Gasteiger partial charge in [-0.05, 0) is 70.8 Å². The van der Waals surface area contributed by atoms with Crippen LogP contribution >= 0.6 is 11.8 Å². The van der Waals surface area contributed by atoms with Crippen LogP contribution < -0.4 is 10.2 Å². The van der Waals surface area contributed by atoms with Crippen LogP contribution in [0.2, 0.25) is 0 Å². The molecule has 6 nitrogen and oxygen atoms in total. The second-order valence-electron chi connectivity index (χ2n) is 7.43. The van der Waals surface area contributed by atoms with Crippen molar-refractivity contribution in [1.29, 1.82) is 0 Å². The Hall–Kier alpha value is -4.49. The molecule has 4 aromatic carbocycles. The Kier molecular flexibility index (Phi) is 7.50. The summed E-state index contributed by atoms with van der Waals surface area (Å²) in [4.78, 5) is 32.6. The van der Waals surface area contributed by atoms with Gasteiger partial charge in [0.2, 0.25) is 0 Å². The summed E-state index contributed by atoms with van der Waals surface area (Å²) in [5.41, 5.74) is 3.44. The van der Waals surface area contributed by atoms with Crippen LogP contribution in [0.5, 0.6) is 0 Å². The lowest BCUT2D eigenvalue weighted by molar-refractivity contribution is -0.256. The van der Waals surface area contributed by atoms with Gasteiger partial charge < -0.3 is 19.8 Å². The van der Waals surface area contributed by atoms with E-state index in [4.69, 9.17) is 0 Å². The SMILES string of the molecule is O=C([O-])c1ccc(C=Nc2ccc(Sc3ccc(N=Cc4ccc(C(=O)[O-])cc4)cc3)cc2)cc1. The zero-order valence-electron chi connectivity index (χ0n) is 18.3. The first kappa shape index (κ1) is 23.7. The second-order valence-corrected chi connectivity index (χ2v) is 8.57. The van der Waals surface area contributed by atoms with Crippen molar-refractivity contribution < 1.29 is 19.8 Å². The molecule has 35 heavy (non-hydrogen) atoms. The van der Waals surface area contributed by atoms with Gasteiger partial charge >= 0.3 is 0 Å². The molecule has 4 aromatic rings. The Morgan fingerprint density at radius 3 is 1.20 bits per heavy atom. The van der Waals surface area contributed by atoms with E-state index in [0.717, 1.165) is 32.3 Å². The van der Waals surface area contributed by atoms with Gasteiger partial charge in [0.1, 0.15) is 0 Å². The number of rotatable bonds is 8. The van der Waals surface area contributed by atoms with Gasteiger partial charge in [0, 0.05) is 22.2 Å². The average Bonchev–Trinajstić information content (AvgIpc) is 2.88. The molecule has 0 heterocycles. The minimum atomic E-state index is -1.20. The van der Waals surface area contributed by atoms with Crippen molar-refractivity contribution in [2.75, 3.05) is 0 Å². The van der Waals surface area contributed by atoms with E-state index in [0.29, 0.717) is 0 Å². The van der Waals surface area contributed by atoms with E-state index >= 15 is 0 Å². The van der Waals surface area contributed by atoms with Crippen LogP contribution in [0.4, 0.5) is 11.4 Å². The molecular weight excluding hydrogens is 460 g/mol. The number of carboxylic acid groups (broad SMARTS) is 2. The second kappa shape index (κ2) is 11.1. The highest BCUT2D eigenvalue weighted by atomic mass is 32.2. The van der Waals surface area contributed by atoms with Crippen molar-refractivity contribution in [3.8, 4) is 0 Å². The maximum absolute atomic E-state index is 10.8. The molecule has 0 radical (unpaired) electrons. The van der Waals surface area contributed by atoms with Gasteiger partial charge in [-0.2, -0.15) is 0 Å². The molecule has 0 aliphatic heterocycles. The lowest BCUT2D eigenvalue weighted by Gasteiger charge is -2.04. The first-order chi connectivity index (χ1) is 17.0. The Morgan fingerprint density at radius 1 is 0.543 bits per heavy atom. The summed E-state index contributed by atoms with van der Waals surface area (Å²) in [6, 6.07) is 28.3. The number of aromatic carboxylic acids is 2. The molecule has 0 N–H and O–H groups in total. The summed E-state index contributed by atoms with van der Waals surface area (Å²) < 4.78 is 0. The molecule has 0 spiro atoms. The molecule has 0 amide bonds. The number of carboxylic acids is 2. The van der Waals surface area contributed by atoms with E-state index < -0.39 is 11.9 Å². The molecule has 0 bridgehead atoms. The fourth-order valence-corrected chi connectivity index (χ4v) is 3.86. The smallest absolute Gasteiger partial charge is 0.0715 e. The lowest BCUT2D eigenvalue weighted by atomic mass is 10.1. The van der Waals surface area contributed by atoms with Crippen LogP contribution in [0.3, 0.4) is 0 Å². The zero-order chi connectivity index (χ0) is 24.6. The predicted molar refractivity (Wildman–Crippen MR) is 133 cm³/mol. The van der Waals surface area contributed by atoms with Crippen LogP contribution in [0.15, 0.2) is 117 Å². The Bertz CT molecular complexity index is 1270. The normalized spacial score (nSPS) is 11.2. The van der Waals surface area contributed by atoms with E-state index in [9.17, 15) is 19.8 Å². The first-order valence-electron chi connectivity index (χ1n) is 10.6. The molecular formula is C28H18N2O4S-2. The molecule has 7 heteroatoms. The zero-order valence-corrected chi connectivity index (χ0v) is 19.1. The highest BCUT2D eigenvalue weighted by molar-refractivity contribution is 7.99. The fourth-order valence-electron chi connectivity index (χ4n) is 3.05. The van der Waals surface area contributed by atoms with E-state index in [1.807, 2.05) is 48.5 Å². The molecule has 0 saturated carbocycles. The van der Waals surface area contributed by atoms with E-state index in [1.165, 1.54) is 24.3 Å². The van der Waals surface area contributed by atoms with Gasteiger partial charge in [-0.3, -0.25) is 9.98 Å². The highest BCUT2D eigenvalue weighted by Crippen LogP contribution is 2.30. The van der Waals surface area contributed by atoms with Gasteiger partial charge in [0.15, 0.2) is 0 Å². The molecule has 0 unspecified atom stereocenters. The minimum absolute atomic E-state index is 0.133. The number of hydrogen-bond acceptors (Lipinski definition) is 7. The standard InChI is InChI=1S/C28H20N2O4S/c31-27(32)21-5-1-19(2-6-21)17-29-23-9-13-25(14-10-23)35-26-15-11-24(12-16-26)30-18-20-3-7-22(8-4-20)28(33)34/h1-18H,(H,31,32)(H,33,34)/p-2. The van der Waals surface area contributed by atoms with E-state index in [-0.39, 0.29) is 11.1 Å². The molecule has 0 aromatic heterocycles. The summed E-state index contributed by atoms with van der Waals surface area (Å²) in [5.74, 6) is -2.40. The van der Waals surface area contributed by atoms with Gasteiger partial charge in [-0.1, -0.05) is 60.3 Å². The van der Waals surface area contributed by atoms with Crippen LogP contribution in [-0.2, 0) is 0 Å². The number of benzene rings is 4. The predicted octanol–water partition coefficient (Wildman–Crippen LogP) is 4.07. The lowest BCUT2D eigenvalue weighted by Crippen LogP contribution is -2.21. The molecule has 0 aliphatic rings. The van der Waals surface area contributed by atoms with Crippen molar-refractivity contribution in [3.63, 3.8) is 0 Å². The third kappa shape index (κ3) is 6.75. The van der Waals surface area contributed by atoms with Crippen molar-refractivity contribution in [2.45, 2.75) is 9.79 Å². The number of hydrogen-bond donors (Lipinski definition) is 0. The molecule has 0 saturated heterocycles. The van der Waals surface area contributed by atoms with Crippen LogP contribution in [0.1, 0.15) is 31.8 Å². The van der Waals surface area contributed by atoms with Crippen LogP contribution in [0.25, 0.3) is 0 Å². The Balaban J connectivity index is 1.33. The first-order valence-corrected chi connectivity index (χ1v) is 11.4. The Labute approximate surface area is 206 Å². The summed E-state index contributed by atoms with van der Waals surface area (Å²) in [7, 11) is 0. The largest absolute Gasteiger partial charge is 0.545 e. The average molecular weight is 479 g/mol. The molecule has 0 aliphatic carbocycles. The van der Waals surface area contributed by atoms with Gasteiger partial charge in [0.25, 0.3) is 0 Å². The van der Waals surface area contributed by atoms with Crippen molar-refractivity contribution >= 4 is 47.5 Å². The van der Waals surface area contributed by atoms with Crippen molar-refractivity contribution in [1.82, 2.24) is 0 Å². The quantitative estimate of drug-likeness (QED) is 0.355. The third-order valence-electron chi connectivity index (χ3n) is 4.93. The van der Waals surface area contributed by atoms with E-state index in [2.05, 4.69) is 9.98 Å². The van der Waals surface area contributed by atoms with Crippen LogP contribution in [0, 0.1) is 0 Å². The van der Waals surface area contributed by atoms with Gasteiger partial charge in [-0.25, -0.2) is 0 Å². The van der Waals surface area contributed by atoms with Gasteiger partial charge in [0.05, 0.1) is 23.3 Å².